The molecule has 2 atom stereocenters. The Bertz CT molecular complexity index is 1250. The van der Waals surface area contributed by atoms with Crippen LogP contribution in [0.25, 0.3) is 5.69 Å². The predicted octanol–water partition coefficient (Wildman–Crippen LogP) is 3.50. The van der Waals surface area contributed by atoms with Gasteiger partial charge in [0.15, 0.2) is 5.69 Å². The van der Waals surface area contributed by atoms with Gasteiger partial charge in [-0.1, -0.05) is 18.2 Å². The molecule has 2 unspecified atom stereocenters. The van der Waals surface area contributed by atoms with Gasteiger partial charge in [-0.3, -0.25) is 4.79 Å². The smallest absolute Gasteiger partial charge is 0.209 e. The van der Waals surface area contributed by atoms with Crippen molar-refractivity contribution in [2.24, 2.45) is 10.7 Å². The second-order valence-electron chi connectivity index (χ2n) is 8.47. The standard InChI is InChI=1S/C26H27N5O2/c1-18-15-20(31-21-7-8-22(31)17-33-16-21)9-10-24(18)30-14-12-25(32)26(29-30)23(11-13-27)28-19-5-3-2-4-6-19/h2-6,9-15,21-22H,7-8,16-17,27H2,1H3. The molecule has 0 radical (unpaired) electrons. The van der Waals surface area contributed by atoms with Gasteiger partial charge >= 0.3 is 0 Å². The summed E-state index contributed by atoms with van der Waals surface area (Å²) < 4.78 is 7.46. The third-order valence-corrected chi connectivity index (χ3v) is 6.28. The lowest BCUT2D eigenvalue weighted by atomic mass is 10.1. The summed E-state index contributed by atoms with van der Waals surface area (Å²) in [4.78, 5) is 19.8. The molecular weight excluding hydrogens is 414 g/mol. The van der Waals surface area contributed by atoms with Crippen LogP contribution in [0, 0.1) is 6.92 Å². The van der Waals surface area contributed by atoms with Crippen molar-refractivity contribution in [2.45, 2.75) is 31.8 Å². The van der Waals surface area contributed by atoms with E-state index in [1.54, 1.807) is 17.0 Å². The highest BCUT2D eigenvalue weighted by atomic mass is 16.5. The van der Waals surface area contributed by atoms with Crippen LogP contribution in [0.5, 0.6) is 0 Å². The summed E-state index contributed by atoms with van der Waals surface area (Å²) in [5.41, 5.74) is 10.0. The molecule has 2 saturated heterocycles. The van der Waals surface area contributed by atoms with E-state index in [0.29, 0.717) is 17.8 Å². The van der Waals surface area contributed by atoms with Gasteiger partial charge in [-0.2, -0.15) is 5.10 Å². The van der Waals surface area contributed by atoms with Gasteiger partial charge in [-0.15, -0.1) is 0 Å². The first kappa shape index (κ1) is 21.2. The van der Waals surface area contributed by atoms with Crippen molar-refractivity contribution in [3.8, 4) is 5.69 Å². The first-order chi connectivity index (χ1) is 16.1. The SMILES string of the molecule is Cc1cc(N2C3CCC2COC3)ccc1-n1ccc(=O)c(C(C=CN)=Nc2ccccc2)n1. The van der Waals surface area contributed by atoms with Gasteiger partial charge < -0.3 is 15.4 Å². The number of para-hydroxylation sites is 1. The lowest BCUT2D eigenvalue weighted by molar-refractivity contribution is 0.0906. The van der Waals surface area contributed by atoms with E-state index in [2.05, 4.69) is 40.1 Å². The molecule has 5 rings (SSSR count). The number of aryl methyl sites for hydroxylation is 1. The summed E-state index contributed by atoms with van der Waals surface area (Å²) in [5.74, 6) is 0. The average molecular weight is 442 g/mol. The fraction of sp³-hybridized carbons (Fsp3) is 0.269. The van der Waals surface area contributed by atoms with E-state index in [1.807, 2.05) is 30.3 Å². The molecular formula is C26H27N5O2. The normalized spacial score (nSPS) is 20.5. The quantitative estimate of drug-likeness (QED) is 0.613. The molecule has 0 aliphatic carbocycles. The van der Waals surface area contributed by atoms with E-state index in [9.17, 15) is 4.79 Å². The minimum atomic E-state index is -0.210. The maximum absolute atomic E-state index is 12.7. The van der Waals surface area contributed by atoms with E-state index in [0.717, 1.165) is 30.2 Å². The maximum Gasteiger partial charge on any atom is 0.209 e. The van der Waals surface area contributed by atoms with Gasteiger partial charge in [0.2, 0.25) is 5.43 Å². The van der Waals surface area contributed by atoms with E-state index in [4.69, 9.17) is 10.5 Å². The molecule has 2 aliphatic rings. The lowest BCUT2D eigenvalue weighted by Crippen LogP contribution is -2.45. The second kappa shape index (κ2) is 9.03. The molecule has 2 fully saturated rings. The van der Waals surface area contributed by atoms with Crippen molar-refractivity contribution in [3.05, 3.63) is 94.6 Å². The number of nitrogens with two attached hydrogens (primary N) is 1. The number of nitrogens with zero attached hydrogens (tertiary/aromatic N) is 4. The third-order valence-electron chi connectivity index (χ3n) is 6.28. The van der Waals surface area contributed by atoms with Gasteiger partial charge in [0, 0.05) is 18.0 Å². The van der Waals surface area contributed by atoms with E-state index >= 15 is 0 Å². The van der Waals surface area contributed by atoms with E-state index in [-0.39, 0.29) is 11.1 Å². The van der Waals surface area contributed by atoms with Gasteiger partial charge in [0.1, 0.15) is 0 Å². The van der Waals surface area contributed by atoms with Crippen LogP contribution in [-0.4, -0.2) is 40.8 Å². The Morgan fingerprint density at radius 3 is 2.58 bits per heavy atom. The topological polar surface area (TPSA) is 85.7 Å². The molecule has 3 heterocycles. The first-order valence-corrected chi connectivity index (χ1v) is 11.2. The number of fused-ring (bicyclic) bond motifs is 2. The summed E-state index contributed by atoms with van der Waals surface area (Å²) in [6.07, 6.45) is 7.02. The molecule has 2 bridgehead atoms. The lowest BCUT2D eigenvalue weighted by Gasteiger charge is -2.37. The molecule has 3 aromatic rings. The zero-order valence-corrected chi connectivity index (χ0v) is 18.6. The van der Waals surface area contributed by atoms with Crippen molar-refractivity contribution >= 4 is 17.1 Å². The Morgan fingerprint density at radius 1 is 1.12 bits per heavy atom. The first-order valence-electron chi connectivity index (χ1n) is 11.2. The molecule has 2 aromatic carbocycles. The molecule has 0 spiro atoms. The number of aliphatic imine (C=N–C) groups is 1. The van der Waals surface area contributed by atoms with Gasteiger partial charge in [-0.05, 0) is 67.9 Å². The number of rotatable bonds is 5. The van der Waals surface area contributed by atoms with Crippen molar-refractivity contribution in [1.82, 2.24) is 9.78 Å². The highest BCUT2D eigenvalue weighted by Crippen LogP contribution is 2.35. The molecule has 2 aliphatic heterocycles. The van der Waals surface area contributed by atoms with Gasteiger partial charge in [0.25, 0.3) is 0 Å². The number of benzene rings is 2. The predicted molar refractivity (Wildman–Crippen MR) is 131 cm³/mol. The van der Waals surface area contributed by atoms with Crippen LogP contribution >= 0.6 is 0 Å². The number of morpholine rings is 1. The molecule has 168 valence electrons. The van der Waals surface area contributed by atoms with E-state index in [1.165, 1.54) is 30.8 Å². The Labute approximate surface area is 192 Å². The van der Waals surface area contributed by atoms with Crippen molar-refractivity contribution in [2.75, 3.05) is 18.1 Å². The summed E-state index contributed by atoms with van der Waals surface area (Å²) in [6.45, 7) is 3.65. The monoisotopic (exact) mass is 441 g/mol. The number of allylic oxidation sites excluding steroid dienone is 1. The van der Waals surface area contributed by atoms with Crippen LogP contribution in [0.4, 0.5) is 11.4 Å². The number of aromatic nitrogens is 2. The molecule has 0 saturated carbocycles. The Kier molecular flexibility index (Phi) is 5.79. The highest BCUT2D eigenvalue weighted by Gasteiger charge is 2.37. The number of anilines is 1. The van der Waals surface area contributed by atoms with Crippen LogP contribution in [-0.2, 0) is 4.74 Å². The van der Waals surface area contributed by atoms with E-state index < -0.39 is 0 Å². The summed E-state index contributed by atoms with van der Waals surface area (Å²) in [5, 5.41) is 4.64. The minimum absolute atomic E-state index is 0.210. The summed E-state index contributed by atoms with van der Waals surface area (Å²) >= 11 is 0. The van der Waals surface area contributed by atoms with Crippen molar-refractivity contribution in [1.29, 1.82) is 0 Å². The molecule has 7 heteroatoms. The fourth-order valence-corrected chi connectivity index (χ4v) is 4.73. The Morgan fingerprint density at radius 2 is 1.88 bits per heavy atom. The maximum atomic E-state index is 12.7. The van der Waals surface area contributed by atoms with Crippen LogP contribution < -0.4 is 16.1 Å². The van der Waals surface area contributed by atoms with Crippen LogP contribution in [0.3, 0.4) is 0 Å². The highest BCUT2D eigenvalue weighted by molar-refractivity contribution is 6.08. The molecule has 2 N–H and O–H groups in total. The van der Waals surface area contributed by atoms with Crippen LogP contribution in [0.2, 0.25) is 0 Å². The van der Waals surface area contributed by atoms with Crippen molar-refractivity contribution in [3.63, 3.8) is 0 Å². The molecule has 0 amide bonds. The summed E-state index contributed by atoms with van der Waals surface area (Å²) in [7, 11) is 0. The Hall–Kier alpha value is -3.71. The number of hydrogen-bond donors (Lipinski definition) is 1. The average Bonchev–Trinajstić information content (AvgIpc) is 3.08. The van der Waals surface area contributed by atoms with Gasteiger partial charge in [0.05, 0.1) is 42.4 Å². The number of hydrogen-bond acceptors (Lipinski definition) is 6. The second-order valence-corrected chi connectivity index (χ2v) is 8.47. The largest absolute Gasteiger partial charge is 0.405 e. The van der Waals surface area contributed by atoms with Crippen LogP contribution in [0.15, 0.2) is 82.9 Å². The molecule has 7 nitrogen and oxygen atoms in total. The van der Waals surface area contributed by atoms with Gasteiger partial charge in [-0.25, -0.2) is 9.67 Å². The Balaban J connectivity index is 1.51. The zero-order valence-electron chi connectivity index (χ0n) is 18.6. The van der Waals surface area contributed by atoms with Crippen LogP contribution in [0.1, 0.15) is 24.1 Å². The zero-order chi connectivity index (χ0) is 22.8. The van der Waals surface area contributed by atoms with Crippen molar-refractivity contribution < 1.29 is 4.74 Å². The fourth-order valence-electron chi connectivity index (χ4n) is 4.73. The molecule has 33 heavy (non-hydrogen) atoms. The third kappa shape index (κ3) is 4.19. The number of ether oxygens (including phenoxy) is 1. The minimum Gasteiger partial charge on any atom is -0.405 e. The summed E-state index contributed by atoms with van der Waals surface area (Å²) in [6, 6.07) is 18.3. The molecule has 1 aromatic heterocycles.